The number of aliphatic hydroxyl groups excluding tert-OH is 1. The molecule has 1 fully saturated rings. The molecule has 1 aromatic carbocycles. The number of nitrogens with one attached hydrogen (secondary N) is 1. The summed E-state index contributed by atoms with van der Waals surface area (Å²) in [4.78, 5) is 8.59. The zero-order valence-electron chi connectivity index (χ0n) is 16.7. The number of aliphatic hydroxyl groups is 1. The van der Waals surface area contributed by atoms with Crippen molar-refractivity contribution in [1.29, 1.82) is 0 Å². The van der Waals surface area contributed by atoms with Crippen LogP contribution >= 0.6 is 0 Å². The van der Waals surface area contributed by atoms with Crippen LogP contribution in [0.4, 0.5) is 5.82 Å². The molecule has 0 amide bonds. The van der Waals surface area contributed by atoms with E-state index in [1.807, 2.05) is 6.92 Å². The minimum atomic E-state index is -3.68. The average Bonchev–Trinajstić information content (AvgIpc) is 3.11. The highest BCUT2D eigenvalue weighted by Gasteiger charge is 2.32. The highest BCUT2D eigenvalue weighted by atomic mass is 32.2. The standard InChI is InChI=1S/C20H23N5O4S/c1-11-3-4-16(30(27,28)25-15-5-13(6-15)10-26)8-17(11)14-7-18(19(21)22-9-14)20-23-12(2)24-29-20/h3-4,7-9,13,15,25-26H,5-6,10H2,1-2H3,(H2,21,22)/t13-,15+. The predicted octanol–water partition coefficient (Wildman–Crippen LogP) is 2.05. The van der Waals surface area contributed by atoms with Crippen LogP contribution in [0, 0.1) is 19.8 Å². The van der Waals surface area contributed by atoms with E-state index in [-0.39, 0.29) is 35.2 Å². The molecule has 0 aliphatic heterocycles. The minimum Gasteiger partial charge on any atom is -0.396 e. The molecule has 4 rings (SSSR count). The summed E-state index contributed by atoms with van der Waals surface area (Å²) in [6.07, 6.45) is 2.87. The second-order valence-corrected chi connectivity index (χ2v) is 9.33. The molecule has 3 aromatic rings. The third-order valence-corrected chi connectivity index (χ3v) is 6.84. The van der Waals surface area contributed by atoms with Crippen molar-refractivity contribution < 1.29 is 18.0 Å². The lowest BCUT2D eigenvalue weighted by molar-refractivity contribution is 0.137. The predicted molar refractivity (Wildman–Crippen MR) is 111 cm³/mol. The highest BCUT2D eigenvalue weighted by Crippen LogP contribution is 2.32. The van der Waals surface area contributed by atoms with Gasteiger partial charge in [-0.05, 0) is 61.9 Å². The number of aromatic nitrogens is 3. The van der Waals surface area contributed by atoms with Crippen LogP contribution in [0.3, 0.4) is 0 Å². The van der Waals surface area contributed by atoms with Gasteiger partial charge in [0.2, 0.25) is 10.0 Å². The minimum absolute atomic E-state index is 0.0823. The lowest BCUT2D eigenvalue weighted by Crippen LogP contribution is -2.45. The highest BCUT2D eigenvalue weighted by molar-refractivity contribution is 7.89. The van der Waals surface area contributed by atoms with Crippen LogP contribution in [0.5, 0.6) is 0 Å². The molecule has 1 saturated carbocycles. The van der Waals surface area contributed by atoms with Crippen molar-refractivity contribution in [2.75, 3.05) is 12.3 Å². The van der Waals surface area contributed by atoms with Crippen molar-refractivity contribution >= 4 is 15.8 Å². The number of hydrogen-bond acceptors (Lipinski definition) is 8. The van der Waals surface area contributed by atoms with Gasteiger partial charge in [-0.15, -0.1) is 0 Å². The first kappa shape index (κ1) is 20.5. The molecule has 1 aliphatic rings. The molecule has 0 unspecified atom stereocenters. The van der Waals surface area contributed by atoms with Crippen molar-refractivity contribution in [3.63, 3.8) is 0 Å². The van der Waals surface area contributed by atoms with Crippen molar-refractivity contribution in [2.24, 2.45) is 5.92 Å². The van der Waals surface area contributed by atoms with E-state index in [9.17, 15) is 8.42 Å². The van der Waals surface area contributed by atoms with Crippen LogP contribution in [0.25, 0.3) is 22.6 Å². The SMILES string of the molecule is Cc1noc(-c2cc(-c3cc(S(=O)(=O)N[C@H]4C[C@@H](CO)C4)ccc3C)cnc2N)n1. The maximum atomic E-state index is 12.8. The molecule has 30 heavy (non-hydrogen) atoms. The van der Waals surface area contributed by atoms with Gasteiger partial charge in [-0.25, -0.2) is 18.1 Å². The fraction of sp³-hybridized carbons (Fsp3) is 0.350. The Balaban J connectivity index is 1.67. The average molecular weight is 430 g/mol. The second-order valence-electron chi connectivity index (χ2n) is 7.62. The van der Waals surface area contributed by atoms with Crippen molar-refractivity contribution in [3.05, 3.63) is 41.9 Å². The summed E-state index contributed by atoms with van der Waals surface area (Å²) >= 11 is 0. The Labute approximate surface area is 174 Å². The molecule has 0 bridgehead atoms. The van der Waals surface area contributed by atoms with E-state index in [2.05, 4.69) is 19.8 Å². The number of nitrogens with two attached hydrogens (primary N) is 1. The van der Waals surface area contributed by atoms with E-state index in [0.717, 1.165) is 5.56 Å². The van der Waals surface area contributed by atoms with Crippen LogP contribution in [-0.4, -0.2) is 41.3 Å². The molecular weight excluding hydrogens is 406 g/mol. The lowest BCUT2D eigenvalue weighted by Gasteiger charge is -2.34. The number of hydrogen-bond donors (Lipinski definition) is 3. The zero-order valence-corrected chi connectivity index (χ0v) is 17.5. The van der Waals surface area contributed by atoms with E-state index in [0.29, 0.717) is 35.4 Å². The summed E-state index contributed by atoms with van der Waals surface area (Å²) in [7, 11) is -3.68. The number of benzene rings is 1. The molecule has 1 aliphatic carbocycles. The largest absolute Gasteiger partial charge is 0.396 e. The summed E-state index contributed by atoms with van der Waals surface area (Å²) in [5.41, 5.74) is 8.76. The van der Waals surface area contributed by atoms with E-state index >= 15 is 0 Å². The van der Waals surface area contributed by atoms with Crippen LogP contribution in [0.2, 0.25) is 0 Å². The number of nitrogens with zero attached hydrogens (tertiary/aromatic N) is 3. The number of aryl methyl sites for hydroxylation is 2. The van der Waals surface area contributed by atoms with Crippen LogP contribution in [-0.2, 0) is 10.0 Å². The summed E-state index contributed by atoms with van der Waals surface area (Å²) < 4.78 is 33.6. The topological polar surface area (TPSA) is 144 Å². The Morgan fingerprint density at radius 1 is 1.23 bits per heavy atom. The maximum Gasteiger partial charge on any atom is 0.261 e. The van der Waals surface area contributed by atoms with E-state index in [1.165, 1.54) is 0 Å². The van der Waals surface area contributed by atoms with Crippen molar-refractivity contribution in [1.82, 2.24) is 19.8 Å². The second kappa shape index (κ2) is 7.78. The molecule has 0 radical (unpaired) electrons. The fourth-order valence-corrected chi connectivity index (χ4v) is 4.84. The molecule has 0 spiro atoms. The fourth-order valence-electron chi connectivity index (χ4n) is 3.55. The van der Waals surface area contributed by atoms with Crippen LogP contribution < -0.4 is 10.5 Å². The van der Waals surface area contributed by atoms with Gasteiger partial charge in [0.15, 0.2) is 5.82 Å². The van der Waals surface area contributed by atoms with Gasteiger partial charge in [0, 0.05) is 24.4 Å². The summed E-state index contributed by atoms with van der Waals surface area (Å²) in [6.45, 7) is 3.68. The summed E-state index contributed by atoms with van der Waals surface area (Å²) in [6, 6.07) is 6.57. The number of nitrogen functional groups attached to an aromatic ring is 1. The first-order chi connectivity index (χ1) is 14.3. The maximum absolute atomic E-state index is 12.8. The number of sulfonamides is 1. The van der Waals surface area contributed by atoms with E-state index in [4.69, 9.17) is 15.4 Å². The Hall–Kier alpha value is -2.82. The Morgan fingerprint density at radius 2 is 2.00 bits per heavy atom. The van der Waals surface area contributed by atoms with Gasteiger partial charge in [-0.3, -0.25) is 0 Å². The quantitative estimate of drug-likeness (QED) is 0.540. The van der Waals surface area contributed by atoms with E-state index < -0.39 is 10.0 Å². The first-order valence-electron chi connectivity index (χ1n) is 9.57. The Morgan fingerprint density at radius 3 is 2.67 bits per heavy atom. The third kappa shape index (κ3) is 3.93. The molecule has 158 valence electrons. The van der Waals surface area contributed by atoms with Gasteiger partial charge < -0.3 is 15.4 Å². The van der Waals surface area contributed by atoms with Crippen LogP contribution in [0.15, 0.2) is 39.9 Å². The van der Waals surface area contributed by atoms with Crippen molar-refractivity contribution in [3.8, 4) is 22.6 Å². The number of anilines is 1. The van der Waals surface area contributed by atoms with Crippen LogP contribution in [0.1, 0.15) is 24.2 Å². The normalized spacial score (nSPS) is 18.9. The Bertz CT molecular complexity index is 1190. The molecular formula is C20H23N5O4S. The molecule has 2 aromatic heterocycles. The van der Waals surface area contributed by atoms with E-state index in [1.54, 1.807) is 37.4 Å². The zero-order chi connectivity index (χ0) is 21.5. The monoisotopic (exact) mass is 429 g/mol. The summed E-state index contributed by atoms with van der Waals surface area (Å²) in [5.74, 6) is 1.14. The number of rotatable bonds is 6. The van der Waals surface area contributed by atoms with Gasteiger partial charge in [-0.1, -0.05) is 11.2 Å². The smallest absolute Gasteiger partial charge is 0.261 e. The molecule has 0 saturated heterocycles. The number of pyridine rings is 1. The lowest BCUT2D eigenvalue weighted by atomic mass is 9.82. The third-order valence-electron chi connectivity index (χ3n) is 5.32. The molecule has 10 heteroatoms. The molecule has 4 N–H and O–H groups in total. The van der Waals surface area contributed by atoms with Gasteiger partial charge >= 0.3 is 0 Å². The Kier molecular flexibility index (Phi) is 5.31. The first-order valence-corrected chi connectivity index (χ1v) is 11.1. The van der Waals surface area contributed by atoms with Gasteiger partial charge in [0.05, 0.1) is 10.5 Å². The molecule has 9 nitrogen and oxygen atoms in total. The van der Waals surface area contributed by atoms with Gasteiger partial charge in [0.25, 0.3) is 5.89 Å². The van der Waals surface area contributed by atoms with Gasteiger partial charge in [0.1, 0.15) is 5.82 Å². The van der Waals surface area contributed by atoms with Crippen molar-refractivity contribution in [2.45, 2.75) is 37.6 Å². The molecule has 2 heterocycles. The van der Waals surface area contributed by atoms with Gasteiger partial charge in [-0.2, -0.15) is 4.98 Å². The molecule has 0 atom stereocenters. The summed E-state index contributed by atoms with van der Waals surface area (Å²) in [5, 5.41) is 12.9.